The van der Waals surface area contributed by atoms with Gasteiger partial charge in [-0.25, -0.2) is 4.68 Å². The summed E-state index contributed by atoms with van der Waals surface area (Å²) in [6.45, 7) is 6.09. The maximum atomic E-state index is 12.3. The number of benzene rings is 1. The Morgan fingerprint density at radius 2 is 1.89 bits per heavy atom. The Kier molecular flexibility index (Phi) is 9.18. The molecule has 3 N–H and O–H groups in total. The predicted octanol–water partition coefficient (Wildman–Crippen LogP) is -0.762. The average molecular weight is 489 g/mol. The molecule has 4 rings (SSSR count). The lowest BCUT2D eigenvalue weighted by Gasteiger charge is -2.26. The molecule has 0 radical (unpaired) electrons. The fourth-order valence-corrected chi connectivity index (χ4v) is 4.49. The summed E-state index contributed by atoms with van der Waals surface area (Å²) in [5, 5.41) is 32.1. The van der Waals surface area contributed by atoms with Gasteiger partial charge < -0.3 is 25.0 Å². The van der Waals surface area contributed by atoms with Gasteiger partial charge >= 0.3 is 0 Å². The van der Waals surface area contributed by atoms with Crippen molar-refractivity contribution in [1.29, 1.82) is 0 Å². The zero-order chi connectivity index (χ0) is 24.6. The Hall–Kier alpha value is -2.41. The molecule has 1 aromatic carbocycles. The number of aliphatic hydroxyl groups is 2. The van der Waals surface area contributed by atoms with Crippen molar-refractivity contribution in [2.24, 2.45) is 0 Å². The zero-order valence-corrected chi connectivity index (χ0v) is 20.2. The molecule has 0 spiro atoms. The number of morpholine rings is 1. The quantitative estimate of drug-likeness (QED) is 0.374. The van der Waals surface area contributed by atoms with Gasteiger partial charge in [0, 0.05) is 45.5 Å². The minimum atomic E-state index is -1.13. The van der Waals surface area contributed by atoms with Crippen LogP contribution in [0.3, 0.4) is 0 Å². The number of ether oxygens (including phenoxy) is 2. The predicted molar refractivity (Wildman–Crippen MR) is 127 cm³/mol. The molecular weight excluding hydrogens is 452 g/mol. The summed E-state index contributed by atoms with van der Waals surface area (Å²) >= 11 is 0. The largest absolute Gasteiger partial charge is 0.388 e. The van der Waals surface area contributed by atoms with Crippen LogP contribution in [0.2, 0.25) is 0 Å². The van der Waals surface area contributed by atoms with Crippen LogP contribution in [0, 0.1) is 0 Å². The summed E-state index contributed by atoms with van der Waals surface area (Å²) in [6.07, 6.45) is -1.87. The fourth-order valence-electron chi connectivity index (χ4n) is 4.49. The second-order valence-electron chi connectivity index (χ2n) is 9.29. The molecule has 0 bridgehead atoms. The van der Waals surface area contributed by atoms with E-state index in [0.29, 0.717) is 26.3 Å². The number of carbonyl (C=O) groups is 1. The van der Waals surface area contributed by atoms with Crippen LogP contribution in [0.4, 0.5) is 0 Å². The molecule has 4 unspecified atom stereocenters. The number of hydrogen-bond acceptors (Lipinski definition) is 9. The number of aromatic nitrogens is 3. The van der Waals surface area contributed by atoms with Crippen molar-refractivity contribution in [2.75, 3.05) is 46.4 Å². The number of amides is 1. The lowest BCUT2D eigenvalue weighted by atomic mass is 10.1. The lowest BCUT2D eigenvalue weighted by Crippen LogP contribution is -2.42. The van der Waals surface area contributed by atoms with Crippen molar-refractivity contribution in [3.8, 4) is 0 Å². The van der Waals surface area contributed by atoms with Gasteiger partial charge in [0.2, 0.25) is 5.91 Å². The number of carbonyl (C=O) groups excluding carboxylic acids is 1. The third kappa shape index (κ3) is 7.53. The summed E-state index contributed by atoms with van der Waals surface area (Å²) in [5.41, 5.74) is 2.02. The monoisotopic (exact) mass is 488 g/mol. The van der Waals surface area contributed by atoms with Crippen LogP contribution in [0.25, 0.3) is 0 Å². The first-order chi connectivity index (χ1) is 17.0. The van der Waals surface area contributed by atoms with E-state index in [1.807, 2.05) is 31.4 Å². The Balaban J connectivity index is 1.20. The second-order valence-corrected chi connectivity index (χ2v) is 9.29. The van der Waals surface area contributed by atoms with Crippen LogP contribution < -0.4 is 5.32 Å². The highest BCUT2D eigenvalue weighted by Crippen LogP contribution is 2.25. The molecule has 0 saturated carbocycles. The van der Waals surface area contributed by atoms with Crippen molar-refractivity contribution in [2.45, 2.75) is 50.5 Å². The van der Waals surface area contributed by atoms with Gasteiger partial charge in [0.05, 0.1) is 38.0 Å². The van der Waals surface area contributed by atoms with Crippen molar-refractivity contribution in [3.63, 3.8) is 0 Å². The van der Waals surface area contributed by atoms with Crippen LogP contribution in [-0.4, -0.2) is 112 Å². The molecule has 35 heavy (non-hydrogen) atoms. The van der Waals surface area contributed by atoms with Gasteiger partial charge in [0.25, 0.3) is 0 Å². The number of rotatable bonds is 11. The van der Waals surface area contributed by atoms with E-state index in [2.05, 4.69) is 37.6 Å². The third-order valence-electron chi connectivity index (χ3n) is 6.38. The van der Waals surface area contributed by atoms with Crippen LogP contribution in [-0.2, 0) is 33.9 Å². The van der Waals surface area contributed by atoms with Gasteiger partial charge in [-0.05, 0) is 12.6 Å². The van der Waals surface area contributed by atoms with Crippen molar-refractivity contribution in [3.05, 3.63) is 47.8 Å². The van der Waals surface area contributed by atoms with Crippen molar-refractivity contribution < 1.29 is 24.5 Å². The lowest BCUT2D eigenvalue weighted by molar-refractivity contribution is -0.125. The maximum Gasteiger partial charge on any atom is 0.222 e. The first kappa shape index (κ1) is 25.7. The Morgan fingerprint density at radius 1 is 1.14 bits per heavy atom. The molecule has 2 aromatic rings. The molecule has 11 nitrogen and oxygen atoms in total. The second kappa shape index (κ2) is 12.5. The molecule has 11 heteroatoms. The highest BCUT2D eigenvalue weighted by Gasteiger charge is 2.43. The van der Waals surface area contributed by atoms with Gasteiger partial charge in [-0.15, -0.1) is 5.10 Å². The molecule has 3 heterocycles. The van der Waals surface area contributed by atoms with Crippen LogP contribution in [0.15, 0.2) is 36.5 Å². The minimum absolute atomic E-state index is 0.00920. The van der Waals surface area contributed by atoms with E-state index in [4.69, 9.17) is 9.47 Å². The van der Waals surface area contributed by atoms with E-state index in [1.165, 1.54) is 5.56 Å². The highest BCUT2D eigenvalue weighted by molar-refractivity contribution is 5.76. The van der Waals surface area contributed by atoms with Crippen molar-refractivity contribution in [1.82, 2.24) is 30.1 Å². The molecule has 4 atom stereocenters. The molecule has 2 aliphatic heterocycles. The molecule has 1 amide bonds. The van der Waals surface area contributed by atoms with Gasteiger partial charge in [0.15, 0.2) is 0 Å². The average Bonchev–Trinajstić information content (AvgIpc) is 3.39. The SMILES string of the molecule is CN(Cc1ccccc1)Cc1cn(CC2OC(CC(=O)NCCN3CCOCC3)C(O)C2O)nn1. The summed E-state index contributed by atoms with van der Waals surface area (Å²) in [7, 11) is 2.02. The zero-order valence-electron chi connectivity index (χ0n) is 20.2. The van der Waals surface area contributed by atoms with E-state index in [9.17, 15) is 15.0 Å². The molecule has 2 aliphatic rings. The summed E-state index contributed by atoms with van der Waals surface area (Å²) in [4.78, 5) is 16.7. The van der Waals surface area contributed by atoms with E-state index in [1.54, 1.807) is 4.68 Å². The number of nitrogens with one attached hydrogen (secondary N) is 1. The van der Waals surface area contributed by atoms with Crippen molar-refractivity contribution >= 4 is 5.91 Å². The van der Waals surface area contributed by atoms with Crippen LogP contribution in [0.1, 0.15) is 17.7 Å². The first-order valence-electron chi connectivity index (χ1n) is 12.2. The Labute approximate surface area is 205 Å². The van der Waals surface area contributed by atoms with Gasteiger partial charge in [-0.1, -0.05) is 35.5 Å². The Bertz CT molecular complexity index is 922. The maximum absolute atomic E-state index is 12.3. The fraction of sp³-hybridized carbons (Fsp3) is 0.625. The highest BCUT2D eigenvalue weighted by atomic mass is 16.5. The van der Waals surface area contributed by atoms with E-state index in [-0.39, 0.29) is 18.9 Å². The molecule has 2 fully saturated rings. The van der Waals surface area contributed by atoms with Gasteiger partial charge in [-0.2, -0.15) is 0 Å². The van der Waals surface area contributed by atoms with E-state index < -0.39 is 24.4 Å². The van der Waals surface area contributed by atoms with E-state index in [0.717, 1.165) is 31.9 Å². The first-order valence-corrected chi connectivity index (χ1v) is 12.2. The number of aliphatic hydroxyl groups excluding tert-OH is 2. The normalized spacial score (nSPS) is 25.3. The van der Waals surface area contributed by atoms with Crippen LogP contribution in [0.5, 0.6) is 0 Å². The van der Waals surface area contributed by atoms with Crippen LogP contribution >= 0.6 is 0 Å². The molecule has 0 aliphatic carbocycles. The molecule has 192 valence electrons. The Morgan fingerprint density at radius 3 is 2.66 bits per heavy atom. The smallest absolute Gasteiger partial charge is 0.222 e. The summed E-state index contributed by atoms with van der Waals surface area (Å²) in [5.74, 6) is -0.209. The molecule has 1 aromatic heterocycles. The third-order valence-corrected chi connectivity index (χ3v) is 6.38. The number of hydrogen-bond donors (Lipinski definition) is 3. The number of nitrogens with zero attached hydrogens (tertiary/aromatic N) is 5. The summed E-state index contributed by atoms with van der Waals surface area (Å²) in [6, 6.07) is 10.2. The standard InChI is InChI=1S/C24H36N6O5/c1-28(14-18-5-3-2-4-6-18)15-19-16-30(27-26-19)17-21-24(33)23(32)20(35-21)13-22(31)25-7-8-29-9-11-34-12-10-29/h2-6,16,20-21,23-24,32-33H,7-15,17H2,1H3,(H,25,31). The van der Waals surface area contributed by atoms with Gasteiger partial charge in [0.1, 0.15) is 18.3 Å². The minimum Gasteiger partial charge on any atom is -0.388 e. The molecule has 2 saturated heterocycles. The van der Waals surface area contributed by atoms with Gasteiger partial charge in [-0.3, -0.25) is 14.6 Å². The summed E-state index contributed by atoms with van der Waals surface area (Å²) < 4.78 is 12.8. The van der Waals surface area contributed by atoms with E-state index >= 15 is 0 Å². The topological polar surface area (TPSA) is 125 Å². The molecular formula is C24H36N6O5.